The lowest BCUT2D eigenvalue weighted by Crippen LogP contribution is -2.47. The predicted octanol–water partition coefficient (Wildman–Crippen LogP) is 4.63. The van der Waals surface area contributed by atoms with Crippen LogP contribution in [-0.2, 0) is 20.0 Å². The van der Waals surface area contributed by atoms with Crippen molar-refractivity contribution in [2.45, 2.75) is 45.7 Å². The van der Waals surface area contributed by atoms with Crippen LogP contribution >= 0.6 is 0 Å². The molecule has 4 rings (SSSR count). The number of aryl methyl sites for hydroxylation is 3. The van der Waals surface area contributed by atoms with Gasteiger partial charge in [0.25, 0.3) is 5.91 Å². The first-order valence-corrected chi connectivity index (χ1v) is 12.0. The number of likely N-dealkylation sites (tertiary alicyclic amines) is 1. The molecule has 3 aromatic rings. The van der Waals surface area contributed by atoms with Gasteiger partial charge in [-0.1, -0.05) is 60.2 Å². The minimum absolute atomic E-state index is 0.0566. The first kappa shape index (κ1) is 23.2. The van der Waals surface area contributed by atoms with Crippen molar-refractivity contribution in [1.29, 1.82) is 0 Å². The van der Waals surface area contributed by atoms with E-state index in [4.69, 9.17) is 0 Å². The quantitative estimate of drug-likeness (QED) is 0.533. The second kappa shape index (κ2) is 10.3. The van der Waals surface area contributed by atoms with Crippen LogP contribution in [0.5, 0.6) is 0 Å². The van der Waals surface area contributed by atoms with Gasteiger partial charge in [-0.25, -0.2) is 0 Å². The van der Waals surface area contributed by atoms with Crippen molar-refractivity contribution in [3.05, 3.63) is 88.7 Å². The summed E-state index contributed by atoms with van der Waals surface area (Å²) in [6, 6.07) is 21.5. The van der Waals surface area contributed by atoms with E-state index in [0.29, 0.717) is 11.6 Å². The van der Waals surface area contributed by atoms with Gasteiger partial charge < -0.3 is 4.90 Å². The number of carbonyl (C=O) groups is 1. The molecule has 1 aromatic heterocycles. The highest BCUT2D eigenvalue weighted by Crippen LogP contribution is 2.28. The number of hydrogen-bond acceptors (Lipinski definition) is 3. The van der Waals surface area contributed by atoms with E-state index in [9.17, 15) is 4.79 Å². The van der Waals surface area contributed by atoms with E-state index in [0.717, 1.165) is 44.6 Å². The number of rotatable bonds is 7. The smallest absolute Gasteiger partial charge is 0.272 e. The molecular weight excluding hydrogens is 408 g/mol. The minimum atomic E-state index is 0.0566. The third-order valence-electron chi connectivity index (χ3n) is 7.03. The molecule has 1 saturated heterocycles. The van der Waals surface area contributed by atoms with Gasteiger partial charge in [-0.05, 0) is 69.3 Å². The first-order valence-electron chi connectivity index (χ1n) is 12.0. The monoisotopic (exact) mass is 444 g/mol. The highest BCUT2D eigenvalue weighted by atomic mass is 16.2. The van der Waals surface area contributed by atoms with Gasteiger partial charge in [0.2, 0.25) is 0 Å². The summed E-state index contributed by atoms with van der Waals surface area (Å²) in [5, 5.41) is 4.39. The van der Waals surface area contributed by atoms with Crippen LogP contribution in [0.4, 0.5) is 0 Å². The van der Waals surface area contributed by atoms with Gasteiger partial charge in [0, 0.05) is 26.7 Å². The standard InChI is InChI=1S/C28H36N4O/c1-21-10-12-24(13-11-21)20-32-16-14-25(15-17-32)26(19-23-8-6-5-7-9-23)30(3)28(33)27-18-22(2)29-31(27)4/h5-13,18,25-26H,14-17,19-20H2,1-4H3. The molecule has 1 aliphatic heterocycles. The van der Waals surface area contributed by atoms with Crippen LogP contribution in [0.2, 0.25) is 0 Å². The van der Waals surface area contributed by atoms with Crippen LogP contribution in [0, 0.1) is 19.8 Å². The zero-order valence-electron chi connectivity index (χ0n) is 20.4. The van der Waals surface area contributed by atoms with Crippen molar-refractivity contribution >= 4 is 5.91 Å². The van der Waals surface area contributed by atoms with E-state index in [1.165, 1.54) is 16.7 Å². The molecule has 1 fully saturated rings. The molecule has 0 saturated carbocycles. The van der Waals surface area contributed by atoms with Gasteiger partial charge in [0.15, 0.2) is 0 Å². The summed E-state index contributed by atoms with van der Waals surface area (Å²) in [5.41, 5.74) is 5.49. The van der Waals surface area contributed by atoms with E-state index < -0.39 is 0 Å². The maximum atomic E-state index is 13.4. The molecular formula is C28H36N4O. The lowest BCUT2D eigenvalue weighted by molar-refractivity contribution is 0.0575. The number of amides is 1. The number of carbonyl (C=O) groups excluding carboxylic acids is 1. The van der Waals surface area contributed by atoms with Crippen molar-refractivity contribution in [2.24, 2.45) is 13.0 Å². The maximum absolute atomic E-state index is 13.4. The van der Waals surface area contributed by atoms with Gasteiger partial charge in [-0.2, -0.15) is 5.10 Å². The molecule has 1 atom stereocenters. The number of aromatic nitrogens is 2. The third kappa shape index (κ3) is 5.72. The van der Waals surface area contributed by atoms with Crippen molar-refractivity contribution in [3.8, 4) is 0 Å². The Morgan fingerprint density at radius 2 is 1.70 bits per heavy atom. The molecule has 0 bridgehead atoms. The van der Waals surface area contributed by atoms with E-state index >= 15 is 0 Å². The minimum Gasteiger partial charge on any atom is -0.337 e. The van der Waals surface area contributed by atoms with E-state index in [-0.39, 0.29) is 11.9 Å². The zero-order chi connectivity index (χ0) is 23.4. The second-order valence-electron chi connectivity index (χ2n) is 9.57. The topological polar surface area (TPSA) is 41.4 Å². The number of nitrogens with zero attached hydrogens (tertiary/aromatic N) is 4. The fourth-order valence-electron chi connectivity index (χ4n) is 5.06. The summed E-state index contributed by atoms with van der Waals surface area (Å²) in [4.78, 5) is 18.0. The Bertz CT molecular complexity index is 1050. The molecule has 5 heteroatoms. The van der Waals surface area contributed by atoms with Crippen LogP contribution in [0.1, 0.15) is 45.7 Å². The SMILES string of the molecule is Cc1ccc(CN2CCC(C(Cc3ccccc3)N(C)C(=O)c3cc(C)nn3C)CC2)cc1. The number of hydrogen-bond donors (Lipinski definition) is 0. The Morgan fingerprint density at radius 1 is 1.03 bits per heavy atom. The maximum Gasteiger partial charge on any atom is 0.272 e. The van der Waals surface area contributed by atoms with Crippen LogP contribution in [0.25, 0.3) is 0 Å². The number of piperidine rings is 1. The van der Waals surface area contributed by atoms with Gasteiger partial charge in [-0.3, -0.25) is 14.4 Å². The Morgan fingerprint density at radius 3 is 2.30 bits per heavy atom. The molecule has 33 heavy (non-hydrogen) atoms. The molecule has 0 N–H and O–H groups in total. The Hall–Kier alpha value is -2.92. The van der Waals surface area contributed by atoms with Crippen molar-refractivity contribution in [1.82, 2.24) is 19.6 Å². The van der Waals surface area contributed by atoms with Gasteiger partial charge >= 0.3 is 0 Å². The molecule has 1 aliphatic rings. The Kier molecular flexibility index (Phi) is 7.29. The largest absolute Gasteiger partial charge is 0.337 e. The summed E-state index contributed by atoms with van der Waals surface area (Å²) in [6.07, 6.45) is 3.08. The molecule has 1 amide bonds. The number of benzene rings is 2. The first-order chi connectivity index (χ1) is 15.9. The Labute approximate surface area is 198 Å². The molecule has 1 unspecified atom stereocenters. The molecule has 2 aromatic carbocycles. The molecule has 174 valence electrons. The van der Waals surface area contributed by atoms with Gasteiger partial charge in [-0.15, -0.1) is 0 Å². The molecule has 0 radical (unpaired) electrons. The fourth-order valence-corrected chi connectivity index (χ4v) is 5.06. The summed E-state index contributed by atoms with van der Waals surface area (Å²) in [6.45, 7) is 7.20. The highest BCUT2D eigenvalue weighted by Gasteiger charge is 2.32. The van der Waals surface area contributed by atoms with Crippen molar-refractivity contribution in [2.75, 3.05) is 20.1 Å². The average Bonchev–Trinajstić information content (AvgIpc) is 3.17. The molecule has 0 aliphatic carbocycles. The molecule has 2 heterocycles. The van der Waals surface area contributed by atoms with Crippen LogP contribution in [-0.4, -0.2) is 51.7 Å². The van der Waals surface area contributed by atoms with E-state index in [2.05, 4.69) is 71.5 Å². The Balaban J connectivity index is 1.47. The van der Waals surface area contributed by atoms with Crippen LogP contribution in [0.3, 0.4) is 0 Å². The highest BCUT2D eigenvalue weighted by molar-refractivity contribution is 5.92. The third-order valence-corrected chi connectivity index (χ3v) is 7.03. The molecule has 5 nitrogen and oxygen atoms in total. The second-order valence-corrected chi connectivity index (χ2v) is 9.57. The summed E-state index contributed by atoms with van der Waals surface area (Å²) in [7, 11) is 3.82. The lowest BCUT2D eigenvalue weighted by Gasteiger charge is -2.40. The number of likely N-dealkylation sites (N-methyl/N-ethyl adjacent to an activating group) is 1. The average molecular weight is 445 g/mol. The lowest BCUT2D eigenvalue weighted by atomic mass is 9.84. The van der Waals surface area contributed by atoms with E-state index in [1.807, 2.05) is 32.0 Å². The van der Waals surface area contributed by atoms with Crippen LogP contribution in [0.15, 0.2) is 60.7 Å². The van der Waals surface area contributed by atoms with Crippen molar-refractivity contribution in [3.63, 3.8) is 0 Å². The predicted molar refractivity (Wildman–Crippen MR) is 133 cm³/mol. The zero-order valence-corrected chi connectivity index (χ0v) is 20.4. The van der Waals surface area contributed by atoms with E-state index in [1.54, 1.807) is 4.68 Å². The molecule has 0 spiro atoms. The summed E-state index contributed by atoms with van der Waals surface area (Å²) < 4.78 is 1.71. The van der Waals surface area contributed by atoms with Crippen LogP contribution < -0.4 is 0 Å². The fraction of sp³-hybridized carbons (Fsp3) is 0.429. The van der Waals surface area contributed by atoms with Gasteiger partial charge in [0.05, 0.1) is 5.69 Å². The van der Waals surface area contributed by atoms with Gasteiger partial charge in [0.1, 0.15) is 5.69 Å². The summed E-state index contributed by atoms with van der Waals surface area (Å²) in [5.74, 6) is 0.531. The normalized spacial score (nSPS) is 16.0. The van der Waals surface area contributed by atoms with Crippen molar-refractivity contribution < 1.29 is 4.79 Å². The summed E-state index contributed by atoms with van der Waals surface area (Å²) >= 11 is 0.